The predicted octanol–water partition coefficient (Wildman–Crippen LogP) is 2.08. The van der Waals surface area contributed by atoms with Gasteiger partial charge in [-0.25, -0.2) is 0 Å². The molecule has 0 heterocycles. The zero-order valence-corrected chi connectivity index (χ0v) is 7.73. The van der Waals surface area contributed by atoms with Crippen LogP contribution in [0.15, 0.2) is 0 Å². The Morgan fingerprint density at radius 1 is 1.31 bits per heavy atom. The van der Waals surface area contributed by atoms with Gasteiger partial charge in [0, 0.05) is 26.2 Å². The van der Waals surface area contributed by atoms with Crippen LogP contribution < -0.4 is 5.73 Å². The largest absolute Gasteiger partial charge is 0.389 e. The maximum atomic E-state index is 11.7. The van der Waals surface area contributed by atoms with E-state index in [1.165, 1.54) is 0 Å². The Labute approximate surface area is 76.2 Å². The highest BCUT2D eigenvalue weighted by molar-refractivity contribution is 4.62. The summed E-state index contributed by atoms with van der Waals surface area (Å²) in [7, 11) is 1.54. The third kappa shape index (κ3) is 9.63. The third-order valence-electron chi connectivity index (χ3n) is 1.73. The molecule has 0 fully saturated rings. The molecule has 13 heavy (non-hydrogen) atoms. The van der Waals surface area contributed by atoms with E-state index in [2.05, 4.69) is 0 Å². The minimum Gasteiger partial charge on any atom is -0.385 e. The van der Waals surface area contributed by atoms with E-state index in [0.717, 1.165) is 0 Å². The fraction of sp³-hybridized carbons (Fsp3) is 1.00. The molecule has 0 aromatic rings. The summed E-state index contributed by atoms with van der Waals surface area (Å²) in [6.45, 7) is 0.507. The van der Waals surface area contributed by atoms with Crippen molar-refractivity contribution < 1.29 is 17.9 Å². The van der Waals surface area contributed by atoms with E-state index in [1.807, 2.05) is 0 Å². The van der Waals surface area contributed by atoms with E-state index < -0.39 is 12.6 Å². The summed E-state index contributed by atoms with van der Waals surface area (Å²) in [6, 6.07) is -0.178. The molecule has 0 aromatic heterocycles. The first kappa shape index (κ1) is 12.7. The minimum absolute atomic E-state index is 0.106. The van der Waals surface area contributed by atoms with E-state index in [1.54, 1.807) is 7.11 Å². The van der Waals surface area contributed by atoms with Gasteiger partial charge in [0.1, 0.15) is 0 Å². The van der Waals surface area contributed by atoms with Crippen molar-refractivity contribution in [2.45, 2.75) is 37.9 Å². The van der Waals surface area contributed by atoms with Crippen LogP contribution in [0.5, 0.6) is 0 Å². The average molecular weight is 199 g/mol. The number of hydrogen-bond acceptors (Lipinski definition) is 2. The highest BCUT2D eigenvalue weighted by Crippen LogP contribution is 2.22. The molecule has 0 saturated carbocycles. The number of nitrogens with two attached hydrogens (primary N) is 1. The van der Waals surface area contributed by atoms with Crippen molar-refractivity contribution in [3.63, 3.8) is 0 Å². The summed E-state index contributed by atoms with van der Waals surface area (Å²) in [5.74, 6) is 0. The highest BCUT2D eigenvalue weighted by atomic mass is 19.4. The van der Waals surface area contributed by atoms with E-state index in [0.29, 0.717) is 19.4 Å². The van der Waals surface area contributed by atoms with Crippen LogP contribution in [0, 0.1) is 0 Å². The summed E-state index contributed by atoms with van der Waals surface area (Å²) in [4.78, 5) is 0. The SMILES string of the molecule is COCCC(N)CCCC(F)(F)F. The van der Waals surface area contributed by atoms with E-state index >= 15 is 0 Å². The molecule has 0 bridgehead atoms. The second-order valence-corrected chi connectivity index (χ2v) is 3.05. The van der Waals surface area contributed by atoms with E-state index in [4.69, 9.17) is 10.5 Å². The lowest BCUT2D eigenvalue weighted by molar-refractivity contribution is -0.135. The Balaban J connectivity index is 3.31. The Bertz CT molecular complexity index is 127. The van der Waals surface area contributed by atoms with Gasteiger partial charge in [0.05, 0.1) is 0 Å². The number of rotatable bonds is 6. The fourth-order valence-corrected chi connectivity index (χ4v) is 0.978. The molecule has 0 spiro atoms. The molecule has 2 N–H and O–H groups in total. The Kier molecular flexibility index (Phi) is 6.07. The molecule has 0 aliphatic carbocycles. The predicted molar refractivity (Wildman–Crippen MR) is 44.4 cm³/mol. The molecule has 0 rings (SSSR count). The van der Waals surface area contributed by atoms with Crippen LogP contribution in [0.1, 0.15) is 25.7 Å². The van der Waals surface area contributed by atoms with Crippen LogP contribution >= 0.6 is 0 Å². The molecule has 0 amide bonds. The summed E-state index contributed by atoms with van der Waals surface area (Å²) in [6.07, 6.45) is -3.67. The van der Waals surface area contributed by atoms with Gasteiger partial charge in [-0.05, 0) is 19.3 Å². The first-order chi connectivity index (χ1) is 5.95. The molecule has 0 aliphatic rings. The van der Waals surface area contributed by atoms with Gasteiger partial charge in [0.25, 0.3) is 0 Å². The molecule has 2 nitrogen and oxygen atoms in total. The molecule has 5 heteroatoms. The Hall–Kier alpha value is -0.290. The van der Waals surface area contributed by atoms with Crippen molar-refractivity contribution in [2.24, 2.45) is 5.73 Å². The van der Waals surface area contributed by atoms with Gasteiger partial charge in [-0.1, -0.05) is 0 Å². The summed E-state index contributed by atoms with van der Waals surface area (Å²) in [5.41, 5.74) is 5.54. The molecule has 0 aliphatic heterocycles. The third-order valence-corrected chi connectivity index (χ3v) is 1.73. The smallest absolute Gasteiger partial charge is 0.385 e. The minimum atomic E-state index is -4.05. The Morgan fingerprint density at radius 2 is 1.92 bits per heavy atom. The molecule has 1 unspecified atom stereocenters. The molecule has 1 atom stereocenters. The number of ether oxygens (including phenoxy) is 1. The molecular formula is C8H16F3NO. The zero-order valence-electron chi connectivity index (χ0n) is 7.73. The highest BCUT2D eigenvalue weighted by Gasteiger charge is 2.26. The van der Waals surface area contributed by atoms with Gasteiger partial charge < -0.3 is 10.5 Å². The van der Waals surface area contributed by atoms with Crippen molar-refractivity contribution in [1.29, 1.82) is 0 Å². The first-order valence-electron chi connectivity index (χ1n) is 4.27. The maximum absolute atomic E-state index is 11.7. The number of alkyl halides is 3. The molecule has 80 valence electrons. The lowest BCUT2D eigenvalue weighted by Gasteiger charge is -2.11. The van der Waals surface area contributed by atoms with Gasteiger partial charge in [0.2, 0.25) is 0 Å². The van der Waals surface area contributed by atoms with Gasteiger partial charge in [-0.15, -0.1) is 0 Å². The molecule has 0 aromatic carbocycles. The van der Waals surface area contributed by atoms with E-state index in [-0.39, 0.29) is 12.5 Å². The van der Waals surface area contributed by atoms with Crippen molar-refractivity contribution >= 4 is 0 Å². The number of halogens is 3. The van der Waals surface area contributed by atoms with Crippen molar-refractivity contribution in [2.75, 3.05) is 13.7 Å². The van der Waals surface area contributed by atoms with Crippen molar-refractivity contribution in [3.05, 3.63) is 0 Å². The van der Waals surface area contributed by atoms with Crippen LogP contribution in [0.4, 0.5) is 13.2 Å². The van der Waals surface area contributed by atoms with Gasteiger partial charge >= 0.3 is 6.18 Å². The van der Waals surface area contributed by atoms with Crippen LogP contribution in [-0.2, 0) is 4.74 Å². The molecule has 0 radical (unpaired) electrons. The van der Waals surface area contributed by atoms with Gasteiger partial charge in [-0.3, -0.25) is 0 Å². The lowest BCUT2D eigenvalue weighted by Crippen LogP contribution is -2.22. The maximum Gasteiger partial charge on any atom is 0.389 e. The van der Waals surface area contributed by atoms with Crippen molar-refractivity contribution in [1.82, 2.24) is 0 Å². The first-order valence-corrected chi connectivity index (χ1v) is 4.27. The van der Waals surface area contributed by atoms with Crippen molar-refractivity contribution in [3.8, 4) is 0 Å². The van der Waals surface area contributed by atoms with Gasteiger partial charge in [-0.2, -0.15) is 13.2 Å². The van der Waals surface area contributed by atoms with Crippen LogP contribution in [-0.4, -0.2) is 25.9 Å². The number of methoxy groups -OCH3 is 1. The second kappa shape index (κ2) is 6.21. The topological polar surface area (TPSA) is 35.2 Å². The number of hydrogen-bond donors (Lipinski definition) is 1. The van der Waals surface area contributed by atoms with Crippen LogP contribution in [0.3, 0.4) is 0 Å². The zero-order chi connectivity index (χ0) is 10.3. The normalized spacial score (nSPS) is 14.5. The summed E-state index contributed by atoms with van der Waals surface area (Å²) in [5, 5.41) is 0. The van der Waals surface area contributed by atoms with E-state index in [9.17, 15) is 13.2 Å². The lowest BCUT2D eigenvalue weighted by atomic mass is 10.1. The Morgan fingerprint density at radius 3 is 2.38 bits per heavy atom. The summed E-state index contributed by atoms with van der Waals surface area (Å²) >= 11 is 0. The molecular weight excluding hydrogens is 183 g/mol. The monoisotopic (exact) mass is 199 g/mol. The fourth-order valence-electron chi connectivity index (χ4n) is 0.978. The average Bonchev–Trinajstić information content (AvgIpc) is 1.98. The van der Waals surface area contributed by atoms with Crippen LogP contribution in [0.25, 0.3) is 0 Å². The molecule has 0 saturated heterocycles. The van der Waals surface area contributed by atoms with Gasteiger partial charge in [0.15, 0.2) is 0 Å². The second-order valence-electron chi connectivity index (χ2n) is 3.05. The quantitative estimate of drug-likeness (QED) is 0.710. The van der Waals surface area contributed by atoms with Crippen LogP contribution in [0.2, 0.25) is 0 Å². The standard InChI is InChI=1S/C8H16F3NO/c1-13-6-4-7(12)3-2-5-8(9,10)11/h7H,2-6,12H2,1H3. The summed E-state index contributed by atoms with van der Waals surface area (Å²) < 4.78 is 39.8.